The van der Waals surface area contributed by atoms with Gasteiger partial charge in [-0.05, 0) is 116 Å². The van der Waals surface area contributed by atoms with Crippen LogP contribution in [-0.2, 0) is 19.1 Å². The highest BCUT2D eigenvalue weighted by molar-refractivity contribution is 5.88. The number of carbonyl (C=O) groups excluding carboxylic acids is 4. The third-order valence-electron chi connectivity index (χ3n) is 14.7. The van der Waals surface area contributed by atoms with Gasteiger partial charge in [-0.3, -0.25) is 9.59 Å². The van der Waals surface area contributed by atoms with Crippen LogP contribution in [0.4, 0.5) is 25.4 Å². The largest absolute Gasteiger partial charge is 0.453 e. The summed E-state index contributed by atoms with van der Waals surface area (Å²) in [4.78, 5) is 77.5. The molecule has 4 aliphatic heterocycles. The summed E-state index contributed by atoms with van der Waals surface area (Å²) in [6.07, 6.45) is 4.47. The molecule has 0 bridgehead atoms. The number of halogens is 1. The number of benzene rings is 3. The molecule has 4 amide bonds. The zero-order valence-corrected chi connectivity index (χ0v) is 40.2. The molecule has 2 aromatic heterocycles. The van der Waals surface area contributed by atoms with Crippen molar-refractivity contribution >= 4 is 57.4 Å². The minimum atomic E-state index is -0.733. The van der Waals surface area contributed by atoms with E-state index in [1.807, 2.05) is 55.7 Å². The number of nitrogens with one attached hydrogen (secondary N) is 4. The number of carbonyl (C=O) groups is 4. The van der Waals surface area contributed by atoms with Crippen molar-refractivity contribution in [2.45, 2.75) is 116 Å². The zero-order valence-electron chi connectivity index (χ0n) is 40.2. The SMILES string of the molecule is COC(=O)NC(C(=O)N1CCCC1c1nc2ccc(C3CCC(c4ccc5nc(C6CCCN6C(=O)C(NC(=O)OC)C(C)C)[nH]c5c4)N3c3ccc(N4CCC(C)C4)c(F)c3)cc2[nH]1)C(C)C. The van der Waals surface area contributed by atoms with Crippen molar-refractivity contribution in [2.75, 3.05) is 50.2 Å². The minimum absolute atomic E-state index is 0.104. The molecule has 6 heterocycles. The molecule has 0 radical (unpaired) electrons. The first-order valence-electron chi connectivity index (χ1n) is 24.3. The fourth-order valence-electron chi connectivity index (χ4n) is 11.1. The fraction of sp³-hybridized carbons (Fsp3) is 0.529. The van der Waals surface area contributed by atoms with E-state index in [-0.39, 0.29) is 53.6 Å². The number of methoxy groups -OCH3 is 2. The van der Waals surface area contributed by atoms with Gasteiger partial charge in [-0.25, -0.2) is 23.9 Å². The number of fused-ring (bicyclic) bond motifs is 2. The lowest BCUT2D eigenvalue weighted by molar-refractivity contribution is -0.136. The number of H-pyrrole nitrogens is 2. The van der Waals surface area contributed by atoms with Crippen molar-refractivity contribution in [3.8, 4) is 0 Å². The molecule has 4 N–H and O–H groups in total. The van der Waals surface area contributed by atoms with E-state index in [1.54, 1.807) is 6.07 Å². The van der Waals surface area contributed by atoms with Gasteiger partial charge in [0.05, 0.1) is 66.1 Å². The lowest BCUT2D eigenvalue weighted by atomic mass is 10.0. The van der Waals surface area contributed by atoms with Gasteiger partial charge in [0, 0.05) is 31.9 Å². The van der Waals surface area contributed by atoms with E-state index in [9.17, 15) is 19.2 Å². The monoisotopic (exact) mass is 933 g/mol. The van der Waals surface area contributed by atoms with Crippen LogP contribution in [0.2, 0.25) is 0 Å². The summed E-state index contributed by atoms with van der Waals surface area (Å²) in [6.45, 7) is 12.6. The second kappa shape index (κ2) is 19.3. The molecular weight excluding hydrogens is 868 g/mol. The van der Waals surface area contributed by atoms with E-state index in [2.05, 4.69) is 67.7 Å². The van der Waals surface area contributed by atoms with Crippen LogP contribution in [0.25, 0.3) is 22.1 Å². The Bertz CT molecular complexity index is 2540. The molecule has 0 aliphatic carbocycles. The van der Waals surface area contributed by atoms with Crippen LogP contribution in [0, 0.1) is 23.6 Å². The van der Waals surface area contributed by atoms with E-state index in [1.165, 1.54) is 14.2 Å². The van der Waals surface area contributed by atoms with Crippen molar-refractivity contribution in [1.82, 2.24) is 40.4 Å². The molecule has 3 aromatic carbocycles. The molecule has 4 aliphatic rings. The van der Waals surface area contributed by atoms with Gasteiger partial charge in [0.25, 0.3) is 0 Å². The third kappa shape index (κ3) is 9.03. The lowest BCUT2D eigenvalue weighted by Gasteiger charge is -2.34. The smallest absolute Gasteiger partial charge is 0.407 e. The Labute approximate surface area is 396 Å². The van der Waals surface area contributed by atoms with Crippen LogP contribution >= 0.6 is 0 Å². The highest BCUT2D eigenvalue weighted by Crippen LogP contribution is 2.49. The highest BCUT2D eigenvalue weighted by Gasteiger charge is 2.41. The molecule has 0 spiro atoms. The van der Waals surface area contributed by atoms with Crippen molar-refractivity contribution < 1.29 is 33.0 Å². The second-order valence-corrected chi connectivity index (χ2v) is 19.9. The Morgan fingerprint density at radius 2 is 1.16 bits per heavy atom. The molecule has 0 saturated carbocycles. The summed E-state index contributed by atoms with van der Waals surface area (Å²) >= 11 is 0. The number of hydrogen-bond donors (Lipinski definition) is 4. The van der Waals surface area contributed by atoms with Gasteiger partial charge in [0.1, 0.15) is 29.5 Å². The zero-order chi connectivity index (χ0) is 48.0. The van der Waals surface area contributed by atoms with Gasteiger partial charge in [-0.1, -0.05) is 46.8 Å². The molecule has 9 rings (SSSR count). The molecule has 68 heavy (non-hydrogen) atoms. The number of likely N-dealkylation sites (tertiary alicyclic amines) is 2. The maximum atomic E-state index is 16.4. The van der Waals surface area contributed by atoms with Gasteiger partial charge in [0.15, 0.2) is 0 Å². The van der Waals surface area contributed by atoms with Gasteiger partial charge < -0.3 is 49.7 Å². The molecule has 362 valence electrons. The molecule has 4 fully saturated rings. The summed E-state index contributed by atoms with van der Waals surface area (Å²) in [5.74, 6) is 1.06. The number of imidazole rings is 2. The van der Waals surface area contributed by atoms with Gasteiger partial charge in [-0.2, -0.15) is 0 Å². The van der Waals surface area contributed by atoms with E-state index < -0.39 is 24.3 Å². The lowest BCUT2D eigenvalue weighted by Crippen LogP contribution is -2.51. The number of aromatic nitrogens is 4. The van der Waals surface area contributed by atoms with Gasteiger partial charge in [0.2, 0.25) is 11.8 Å². The summed E-state index contributed by atoms with van der Waals surface area (Å²) in [5.41, 5.74) is 6.82. The van der Waals surface area contributed by atoms with Gasteiger partial charge in [-0.15, -0.1) is 0 Å². The summed E-state index contributed by atoms with van der Waals surface area (Å²) < 4.78 is 26.0. The summed E-state index contributed by atoms with van der Waals surface area (Å²) in [6, 6.07) is 16.0. The topological polar surface area (TPSA) is 181 Å². The second-order valence-electron chi connectivity index (χ2n) is 19.9. The van der Waals surface area contributed by atoms with Crippen molar-refractivity contribution in [1.29, 1.82) is 0 Å². The Morgan fingerprint density at radius 3 is 1.59 bits per heavy atom. The number of nitrogens with zero attached hydrogens (tertiary/aromatic N) is 6. The average molecular weight is 933 g/mol. The first-order valence-corrected chi connectivity index (χ1v) is 24.3. The standard InChI is InChI=1S/C51H65FN10O6/c1-28(2)44(57-50(65)67-6)48(63)60-21-8-10-42(60)46-53-35-15-12-31(24-37(35)55-46)39-18-19-40(62(39)33-14-17-41(34(52)26-33)59-23-20-30(5)27-59)32-13-16-36-38(25-32)56-47(54-36)43-11-9-22-61(43)49(64)45(29(3)4)58-51(66)68-7/h12-17,24-26,28-30,39-40,42-45H,8-11,18-23,27H2,1-7H3,(H,53,55)(H,54,56)(H,57,65)(H,58,66). The van der Waals surface area contributed by atoms with E-state index in [0.717, 1.165) is 96.9 Å². The third-order valence-corrected chi connectivity index (χ3v) is 14.7. The number of rotatable bonds is 12. The highest BCUT2D eigenvalue weighted by atomic mass is 19.1. The Kier molecular flexibility index (Phi) is 13.3. The number of amides is 4. The molecule has 7 atom stereocenters. The quantitative estimate of drug-likeness (QED) is 0.0946. The Morgan fingerprint density at radius 1 is 0.662 bits per heavy atom. The van der Waals surface area contributed by atoms with Crippen molar-refractivity contribution in [3.05, 3.63) is 83.2 Å². The number of hydrogen-bond acceptors (Lipinski definition) is 10. The molecule has 5 aromatic rings. The number of ether oxygens (including phenoxy) is 2. The molecule has 4 saturated heterocycles. The van der Waals surface area contributed by atoms with Crippen LogP contribution < -0.4 is 20.4 Å². The van der Waals surface area contributed by atoms with E-state index >= 15 is 4.39 Å². The normalized spacial score (nSPS) is 22.8. The maximum Gasteiger partial charge on any atom is 0.407 e. The first-order chi connectivity index (χ1) is 32.7. The molecule has 17 heteroatoms. The molecular formula is C51H65FN10O6. The van der Waals surface area contributed by atoms with Crippen molar-refractivity contribution in [2.24, 2.45) is 17.8 Å². The van der Waals surface area contributed by atoms with Crippen LogP contribution in [0.15, 0.2) is 54.6 Å². The summed E-state index contributed by atoms with van der Waals surface area (Å²) in [5, 5.41) is 5.46. The Hall–Kier alpha value is -6.39. The maximum absolute atomic E-state index is 16.4. The number of aromatic amines is 2. The minimum Gasteiger partial charge on any atom is -0.453 e. The fourth-order valence-corrected chi connectivity index (χ4v) is 11.1. The van der Waals surface area contributed by atoms with Crippen LogP contribution in [0.3, 0.4) is 0 Å². The Balaban J connectivity index is 1.02. The van der Waals surface area contributed by atoms with E-state index in [4.69, 9.17) is 19.4 Å². The van der Waals surface area contributed by atoms with Crippen LogP contribution in [0.1, 0.15) is 127 Å². The number of alkyl carbamates (subject to hydrolysis) is 2. The summed E-state index contributed by atoms with van der Waals surface area (Å²) in [7, 11) is 2.58. The van der Waals surface area contributed by atoms with Crippen LogP contribution in [0.5, 0.6) is 0 Å². The van der Waals surface area contributed by atoms with Gasteiger partial charge >= 0.3 is 12.2 Å². The first kappa shape index (κ1) is 46.7. The van der Waals surface area contributed by atoms with Crippen LogP contribution in [-0.4, -0.2) is 106 Å². The predicted molar refractivity (Wildman–Crippen MR) is 257 cm³/mol. The average Bonchev–Trinajstić information content (AvgIpc) is 4.19. The van der Waals surface area contributed by atoms with E-state index in [0.29, 0.717) is 36.3 Å². The predicted octanol–water partition coefficient (Wildman–Crippen LogP) is 8.60. The van der Waals surface area contributed by atoms with Crippen molar-refractivity contribution in [3.63, 3.8) is 0 Å². The molecule has 16 nitrogen and oxygen atoms in total. The number of anilines is 2. The molecule has 7 unspecified atom stereocenters.